The molecule has 0 bridgehead atoms. The van der Waals surface area contributed by atoms with Crippen molar-refractivity contribution in [3.63, 3.8) is 0 Å². The third-order valence-electron chi connectivity index (χ3n) is 3.15. The molecule has 0 saturated heterocycles. The number of likely N-dealkylation sites (N-methyl/N-ethyl adjacent to an activating group) is 1. The van der Waals surface area contributed by atoms with Crippen LogP contribution in [0.15, 0.2) is 12.1 Å². The van der Waals surface area contributed by atoms with Gasteiger partial charge in [-0.3, -0.25) is 4.79 Å². The number of benzene rings is 1. The molecule has 1 aliphatic carbocycles. The smallest absolute Gasteiger partial charge is 0.260 e. The lowest BCUT2D eigenvalue weighted by Crippen LogP contribution is -2.34. The van der Waals surface area contributed by atoms with Gasteiger partial charge in [0, 0.05) is 30.2 Å². The predicted octanol–water partition coefficient (Wildman–Crippen LogP) is 2.76. The quantitative estimate of drug-likeness (QED) is 0.848. The molecule has 110 valence electrons. The van der Waals surface area contributed by atoms with E-state index < -0.39 is 6.10 Å². The van der Waals surface area contributed by atoms with Crippen LogP contribution in [0.1, 0.15) is 25.3 Å². The van der Waals surface area contributed by atoms with Crippen molar-refractivity contribution in [1.82, 2.24) is 10.6 Å². The van der Waals surface area contributed by atoms with Gasteiger partial charge in [-0.1, -0.05) is 23.2 Å². The van der Waals surface area contributed by atoms with Gasteiger partial charge in [-0.15, -0.1) is 0 Å². The summed E-state index contributed by atoms with van der Waals surface area (Å²) in [5.74, 6) is 0.317. The Morgan fingerprint density at radius 2 is 2.15 bits per heavy atom. The first-order chi connectivity index (χ1) is 9.51. The van der Waals surface area contributed by atoms with E-state index in [0.717, 1.165) is 5.56 Å². The molecular formula is C14H18Cl2N2O2. The predicted molar refractivity (Wildman–Crippen MR) is 80.5 cm³/mol. The summed E-state index contributed by atoms with van der Waals surface area (Å²) in [6.07, 6.45) is 1.77. The molecular weight excluding hydrogens is 299 g/mol. The monoisotopic (exact) mass is 316 g/mol. The molecule has 1 aromatic rings. The van der Waals surface area contributed by atoms with Gasteiger partial charge >= 0.3 is 0 Å². The molecule has 20 heavy (non-hydrogen) atoms. The molecule has 0 aromatic heterocycles. The topological polar surface area (TPSA) is 50.4 Å². The third kappa shape index (κ3) is 4.01. The summed E-state index contributed by atoms with van der Waals surface area (Å²) in [5, 5.41) is 6.91. The Morgan fingerprint density at radius 1 is 1.45 bits per heavy atom. The number of hydrogen-bond donors (Lipinski definition) is 2. The van der Waals surface area contributed by atoms with Crippen molar-refractivity contribution >= 4 is 29.1 Å². The fourth-order valence-electron chi connectivity index (χ4n) is 1.85. The van der Waals surface area contributed by atoms with Crippen molar-refractivity contribution in [1.29, 1.82) is 0 Å². The first-order valence-electron chi connectivity index (χ1n) is 6.60. The number of nitrogens with one attached hydrogen (secondary N) is 2. The summed E-state index contributed by atoms with van der Waals surface area (Å²) in [7, 11) is 1.57. The maximum atomic E-state index is 11.6. The van der Waals surface area contributed by atoms with E-state index in [9.17, 15) is 4.79 Å². The van der Waals surface area contributed by atoms with Crippen molar-refractivity contribution in [2.24, 2.45) is 0 Å². The Labute approximate surface area is 128 Å². The number of carbonyl (C=O) groups is 1. The van der Waals surface area contributed by atoms with E-state index >= 15 is 0 Å². The summed E-state index contributed by atoms with van der Waals surface area (Å²) in [5.41, 5.74) is 0.866. The number of rotatable bonds is 6. The second kappa shape index (κ2) is 6.66. The molecule has 1 atom stereocenters. The lowest BCUT2D eigenvalue weighted by atomic mass is 10.2. The fraction of sp³-hybridized carbons (Fsp3) is 0.500. The zero-order chi connectivity index (χ0) is 14.7. The summed E-state index contributed by atoms with van der Waals surface area (Å²) in [4.78, 5) is 11.6. The molecule has 2 N–H and O–H groups in total. The van der Waals surface area contributed by atoms with Gasteiger partial charge in [-0.05, 0) is 31.9 Å². The van der Waals surface area contributed by atoms with E-state index in [1.165, 1.54) is 12.8 Å². The highest BCUT2D eigenvalue weighted by Gasteiger charge is 2.22. The highest BCUT2D eigenvalue weighted by molar-refractivity contribution is 6.35. The van der Waals surface area contributed by atoms with Crippen molar-refractivity contribution in [2.45, 2.75) is 38.5 Å². The Kier molecular flexibility index (Phi) is 5.13. The number of ether oxygens (including phenoxy) is 1. The Hall–Kier alpha value is -0.970. The Morgan fingerprint density at radius 3 is 2.75 bits per heavy atom. The van der Waals surface area contributed by atoms with Crippen LogP contribution in [0.3, 0.4) is 0 Å². The summed E-state index contributed by atoms with van der Waals surface area (Å²) >= 11 is 12.2. The van der Waals surface area contributed by atoms with Crippen molar-refractivity contribution in [3.05, 3.63) is 27.7 Å². The summed E-state index contributed by atoms with van der Waals surface area (Å²) < 4.78 is 5.69. The zero-order valence-corrected chi connectivity index (χ0v) is 13.0. The highest BCUT2D eigenvalue weighted by atomic mass is 35.5. The third-order valence-corrected chi connectivity index (χ3v) is 3.65. The molecule has 1 unspecified atom stereocenters. The van der Waals surface area contributed by atoms with Gasteiger partial charge in [0.15, 0.2) is 6.10 Å². The summed E-state index contributed by atoms with van der Waals surface area (Å²) in [6.45, 7) is 2.31. The maximum Gasteiger partial charge on any atom is 0.260 e. The van der Waals surface area contributed by atoms with Gasteiger partial charge in [0.2, 0.25) is 0 Å². The molecule has 0 spiro atoms. The molecule has 6 heteroatoms. The molecule has 0 aliphatic heterocycles. The van der Waals surface area contributed by atoms with Crippen molar-refractivity contribution in [3.8, 4) is 5.75 Å². The van der Waals surface area contributed by atoms with Crippen LogP contribution in [-0.4, -0.2) is 25.1 Å². The van der Waals surface area contributed by atoms with Gasteiger partial charge in [0.1, 0.15) is 5.75 Å². The molecule has 0 heterocycles. The minimum atomic E-state index is -0.613. The van der Waals surface area contributed by atoms with Crippen molar-refractivity contribution < 1.29 is 9.53 Å². The largest absolute Gasteiger partial charge is 0.479 e. The number of halogens is 2. The van der Waals surface area contributed by atoms with Crippen LogP contribution < -0.4 is 15.4 Å². The van der Waals surface area contributed by atoms with Crippen molar-refractivity contribution in [2.75, 3.05) is 7.05 Å². The van der Waals surface area contributed by atoms with E-state index in [4.69, 9.17) is 27.9 Å². The molecule has 2 rings (SSSR count). The molecule has 1 aromatic carbocycles. The molecule has 0 radical (unpaired) electrons. The van der Waals surface area contributed by atoms with E-state index in [2.05, 4.69) is 10.6 Å². The average molecular weight is 317 g/mol. The van der Waals surface area contributed by atoms with Crippen LogP contribution in [0.5, 0.6) is 5.75 Å². The second-order valence-corrected chi connectivity index (χ2v) is 5.75. The first-order valence-corrected chi connectivity index (χ1v) is 7.36. The van der Waals surface area contributed by atoms with Crippen LogP contribution in [0.25, 0.3) is 0 Å². The SMILES string of the molecule is CNC(=O)C(C)Oc1c(Cl)cc(Cl)cc1CNC1CC1. The first kappa shape index (κ1) is 15.4. The molecule has 1 saturated carbocycles. The number of amides is 1. The van der Waals surface area contributed by atoms with Crippen LogP contribution in [0, 0.1) is 0 Å². The molecule has 4 nitrogen and oxygen atoms in total. The van der Waals surface area contributed by atoms with Crippen LogP contribution in [-0.2, 0) is 11.3 Å². The van der Waals surface area contributed by atoms with E-state index in [0.29, 0.717) is 28.4 Å². The van der Waals surface area contributed by atoms with E-state index in [1.807, 2.05) is 6.07 Å². The number of carbonyl (C=O) groups excluding carboxylic acids is 1. The minimum absolute atomic E-state index is 0.197. The molecule has 1 aliphatic rings. The lowest BCUT2D eigenvalue weighted by molar-refractivity contribution is -0.126. The highest BCUT2D eigenvalue weighted by Crippen LogP contribution is 2.34. The minimum Gasteiger partial charge on any atom is -0.479 e. The van der Waals surface area contributed by atoms with Gasteiger partial charge in [0.25, 0.3) is 5.91 Å². The van der Waals surface area contributed by atoms with Crippen LogP contribution >= 0.6 is 23.2 Å². The average Bonchev–Trinajstić information content (AvgIpc) is 3.22. The zero-order valence-electron chi connectivity index (χ0n) is 11.5. The Balaban J connectivity index is 2.17. The number of hydrogen-bond acceptors (Lipinski definition) is 3. The van der Waals surface area contributed by atoms with E-state index in [-0.39, 0.29) is 5.91 Å². The van der Waals surface area contributed by atoms with Gasteiger partial charge in [-0.2, -0.15) is 0 Å². The van der Waals surface area contributed by atoms with Gasteiger partial charge < -0.3 is 15.4 Å². The standard InChI is InChI=1S/C14H18Cl2N2O2/c1-8(14(19)17-2)20-13-9(7-18-11-3-4-11)5-10(15)6-12(13)16/h5-6,8,11,18H,3-4,7H2,1-2H3,(H,17,19). The van der Waals surface area contributed by atoms with Gasteiger partial charge in [-0.25, -0.2) is 0 Å². The Bertz CT molecular complexity index is 504. The molecule has 1 fully saturated rings. The maximum absolute atomic E-state index is 11.6. The van der Waals surface area contributed by atoms with Crippen LogP contribution in [0.2, 0.25) is 10.0 Å². The molecule has 1 amide bonds. The summed E-state index contributed by atoms with van der Waals surface area (Å²) in [6, 6.07) is 4.00. The van der Waals surface area contributed by atoms with Crippen LogP contribution in [0.4, 0.5) is 0 Å². The van der Waals surface area contributed by atoms with Gasteiger partial charge in [0.05, 0.1) is 5.02 Å². The van der Waals surface area contributed by atoms with E-state index in [1.54, 1.807) is 20.0 Å². The fourth-order valence-corrected chi connectivity index (χ4v) is 2.43. The normalized spacial score (nSPS) is 15.8. The lowest BCUT2D eigenvalue weighted by Gasteiger charge is -2.18. The second-order valence-electron chi connectivity index (χ2n) is 4.91.